The lowest BCUT2D eigenvalue weighted by atomic mass is 9.90. The van der Waals surface area contributed by atoms with Crippen LogP contribution in [-0.2, 0) is 29.0 Å². The number of amides is 2. The molecule has 1 aliphatic heterocycles. The number of hydrogen-bond acceptors (Lipinski definition) is 6. The van der Waals surface area contributed by atoms with Gasteiger partial charge in [-0.2, -0.15) is 0 Å². The number of nitrogens with one attached hydrogen (secondary N) is 1. The van der Waals surface area contributed by atoms with Gasteiger partial charge in [-0.3, -0.25) is 9.59 Å². The molecule has 166 valence electrons. The number of aryl methyl sites for hydroxylation is 1. The first kappa shape index (κ1) is 21.6. The fourth-order valence-corrected chi connectivity index (χ4v) is 5.44. The van der Waals surface area contributed by atoms with Gasteiger partial charge in [0, 0.05) is 49.9 Å². The lowest BCUT2D eigenvalue weighted by Crippen LogP contribution is -2.48. The van der Waals surface area contributed by atoms with E-state index in [1.165, 1.54) is 4.88 Å². The van der Waals surface area contributed by atoms with Crippen molar-refractivity contribution in [2.24, 2.45) is 5.92 Å². The lowest BCUT2D eigenvalue weighted by Gasteiger charge is -2.34. The number of rotatable bonds is 6. The van der Waals surface area contributed by atoms with Crippen LogP contribution in [-0.4, -0.2) is 55.0 Å². The second-order valence-corrected chi connectivity index (χ2v) is 9.16. The number of nitrogens with zero attached hydrogens (tertiary/aromatic N) is 3. The number of anilines is 1. The van der Waals surface area contributed by atoms with Crippen molar-refractivity contribution in [3.05, 3.63) is 40.4 Å². The lowest BCUT2D eigenvalue weighted by molar-refractivity contribution is -0.131. The summed E-state index contributed by atoms with van der Waals surface area (Å²) in [6.07, 6.45) is 2.99. The van der Waals surface area contributed by atoms with E-state index in [4.69, 9.17) is 9.72 Å². The number of benzene rings is 1. The fraction of sp³-hybridized carbons (Fsp3) is 0.522. The van der Waals surface area contributed by atoms with E-state index < -0.39 is 0 Å². The molecule has 4 rings (SSSR count). The largest absolute Gasteiger partial charge is 0.497 e. The molecule has 1 aliphatic carbocycles. The van der Waals surface area contributed by atoms with Crippen LogP contribution >= 0.6 is 11.3 Å². The molecule has 7 nitrogen and oxygen atoms in total. The van der Waals surface area contributed by atoms with E-state index in [9.17, 15) is 9.59 Å². The van der Waals surface area contributed by atoms with Gasteiger partial charge < -0.3 is 19.9 Å². The average molecular weight is 443 g/mol. The monoisotopic (exact) mass is 442 g/mol. The van der Waals surface area contributed by atoms with Gasteiger partial charge in [-0.05, 0) is 37.0 Å². The van der Waals surface area contributed by atoms with Gasteiger partial charge in [-0.25, -0.2) is 4.98 Å². The first-order valence-corrected chi connectivity index (χ1v) is 11.8. The first-order valence-electron chi connectivity index (χ1n) is 11.0. The second-order valence-electron chi connectivity index (χ2n) is 8.10. The summed E-state index contributed by atoms with van der Waals surface area (Å²) in [5.74, 6) is 1.12. The maximum atomic E-state index is 12.8. The summed E-state index contributed by atoms with van der Waals surface area (Å²) in [6.45, 7) is 5.57. The molecule has 1 aromatic carbocycles. The van der Waals surface area contributed by atoms with Crippen LogP contribution in [0.1, 0.15) is 35.9 Å². The number of carbonyl (C=O) groups excluding carboxylic acids is 2. The van der Waals surface area contributed by atoms with Crippen LogP contribution in [0.15, 0.2) is 24.3 Å². The van der Waals surface area contributed by atoms with Crippen LogP contribution in [0.4, 0.5) is 5.13 Å². The molecule has 1 saturated heterocycles. The van der Waals surface area contributed by atoms with E-state index >= 15 is 0 Å². The van der Waals surface area contributed by atoms with Crippen molar-refractivity contribution >= 4 is 28.3 Å². The first-order chi connectivity index (χ1) is 15.1. The summed E-state index contributed by atoms with van der Waals surface area (Å²) in [5.41, 5.74) is 2.17. The Morgan fingerprint density at radius 1 is 1.26 bits per heavy atom. The number of fused-ring (bicyclic) bond motifs is 1. The smallest absolute Gasteiger partial charge is 0.223 e. The zero-order valence-corrected chi connectivity index (χ0v) is 19.0. The molecule has 0 bridgehead atoms. The van der Waals surface area contributed by atoms with Crippen molar-refractivity contribution in [3.63, 3.8) is 0 Å². The van der Waals surface area contributed by atoms with Gasteiger partial charge in [0.05, 0.1) is 12.8 Å². The molecule has 8 heteroatoms. The molecular formula is C23H30N4O3S. The minimum Gasteiger partial charge on any atom is -0.497 e. The van der Waals surface area contributed by atoms with Gasteiger partial charge in [-0.15, -0.1) is 11.3 Å². The van der Waals surface area contributed by atoms with E-state index in [2.05, 4.69) is 10.2 Å². The Bertz CT molecular complexity index is 937. The van der Waals surface area contributed by atoms with Crippen molar-refractivity contribution in [1.29, 1.82) is 0 Å². The average Bonchev–Trinajstić information content (AvgIpc) is 3.25. The number of ether oxygens (including phenoxy) is 1. The Kier molecular flexibility index (Phi) is 6.75. The second kappa shape index (κ2) is 9.68. The predicted octanol–water partition coefficient (Wildman–Crippen LogP) is 2.63. The topological polar surface area (TPSA) is 74.8 Å². The van der Waals surface area contributed by atoms with Crippen LogP contribution < -0.4 is 15.0 Å². The Balaban J connectivity index is 1.32. The standard InChI is InChI=1S/C23H30N4O3S/c1-3-21(28)26-9-11-27(12-10-26)23-25-19-8-7-17(14-20(19)31-23)22(29)24-15-16-5-4-6-18(13-16)30-2/h4-6,13,17H,3,7-12,14-15H2,1-2H3,(H,24,29). The van der Waals surface area contributed by atoms with Crippen molar-refractivity contribution in [2.75, 3.05) is 38.2 Å². The number of methoxy groups -OCH3 is 1. The molecule has 2 aromatic rings. The third-order valence-corrected chi connectivity index (χ3v) is 7.29. The number of thiazole rings is 1. The molecule has 1 unspecified atom stereocenters. The molecule has 2 amide bonds. The minimum absolute atomic E-state index is 0.00886. The van der Waals surface area contributed by atoms with Crippen LogP contribution in [0.3, 0.4) is 0 Å². The third-order valence-electron chi connectivity index (χ3n) is 6.11. The normalized spacial score (nSPS) is 18.5. The van der Waals surface area contributed by atoms with Gasteiger partial charge in [0.1, 0.15) is 5.75 Å². The molecule has 0 saturated carbocycles. The Morgan fingerprint density at radius 3 is 2.81 bits per heavy atom. The highest BCUT2D eigenvalue weighted by atomic mass is 32.1. The molecule has 1 aromatic heterocycles. The molecule has 31 heavy (non-hydrogen) atoms. The van der Waals surface area contributed by atoms with E-state index in [1.54, 1.807) is 18.4 Å². The summed E-state index contributed by atoms with van der Waals surface area (Å²) >= 11 is 1.71. The Morgan fingerprint density at radius 2 is 2.06 bits per heavy atom. The molecule has 2 heterocycles. The summed E-state index contributed by atoms with van der Waals surface area (Å²) in [7, 11) is 1.64. The van der Waals surface area contributed by atoms with E-state index in [1.807, 2.05) is 36.1 Å². The fourth-order valence-electron chi connectivity index (χ4n) is 4.21. The predicted molar refractivity (Wildman–Crippen MR) is 122 cm³/mol. The Labute approximate surface area is 187 Å². The summed E-state index contributed by atoms with van der Waals surface area (Å²) in [4.78, 5) is 35.0. The quantitative estimate of drug-likeness (QED) is 0.744. The number of hydrogen-bond donors (Lipinski definition) is 1. The van der Waals surface area contributed by atoms with Crippen LogP contribution in [0, 0.1) is 5.92 Å². The molecule has 0 spiro atoms. The van der Waals surface area contributed by atoms with Crippen molar-refractivity contribution in [1.82, 2.24) is 15.2 Å². The summed E-state index contributed by atoms with van der Waals surface area (Å²) in [6, 6.07) is 7.77. The van der Waals surface area contributed by atoms with Gasteiger partial charge in [0.15, 0.2) is 5.13 Å². The summed E-state index contributed by atoms with van der Waals surface area (Å²) in [5, 5.41) is 4.12. The molecular weight excluding hydrogens is 412 g/mol. The summed E-state index contributed by atoms with van der Waals surface area (Å²) < 4.78 is 5.25. The molecule has 0 radical (unpaired) electrons. The van der Waals surface area contributed by atoms with Crippen LogP contribution in [0.25, 0.3) is 0 Å². The van der Waals surface area contributed by atoms with Crippen molar-refractivity contribution in [2.45, 2.75) is 39.2 Å². The maximum absolute atomic E-state index is 12.8. The van der Waals surface area contributed by atoms with Crippen LogP contribution in [0.2, 0.25) is 0 Å². The zero-order valence-electron chi connectivity index (χ0n) is 18.2. The van der Waals surface area contributed by atoms with Crippen molar-refractivity contribution < 1.29 is 14.3 Å². The highest BCUT2D eigenvalue weighted by molar-refractivity contribution is 7.15. The highest BCUT2D eigenvalue weighted by Gasteiger charge is 2.29. The Hall–Kier alpha value is -2.61. The molecule has 2 aliphatic rings. The van der Waals surface area contributed by atoms with E-state index in [0.29, 0.717) is 13.0 Å². The molecule has 1 atom stereocenters. The highest BCUT2D eigenvalue weighted by Crippen LogP contribution is 2.34. The molecule has 1 N–H and O–H groups in total. The van der Waals surface area contributed by atoms with Gasteiger partial charge in [0.2, 0.25) is 11.8 Å². The number of carbonyl (C=O) groups is 2. The SMILES string of the molecule is CCC(=O)N1CCN(c2nc3c(s2)CC(C(=O)NCc2cccc(OC)c2)CC3)CC1. The van der Waals surface area contributed by atoms with E-state index in [0.717, 1.165) is 67.6 Å². The van der Waals surface area contributed by atoms with Gasteiger partial charge in [-0.1, -0.05) is 19.1 Å². The number of aromatic nitrogens is 1. The van der Waals surface area contributed by atoms with Crippen LogP contribution in [0.5, 0.6) is 5.75 Å². The van der Waals surface area contributed by atoms with E-state index in [-0.39, 0.29) is 17.7 Å². The van der Waals surface area contributed by atoms with Gasteiger partial charge in [0.25, 0.3) is 0 Å². The molecule has 1 fully saturated rings. The third kappa shape index (κ3) is 5.01. The van der Waals surface area contributed by atoms with Crippen molar-refractivity contribution in [3.8, 4) is 5.75 Å². The number of piperazine rings is 1. The zero-order chi connectivity index (χ0) is 21.8. The van der Waals surface area contributed by atoms with Gasteiger partial charge >= 0.3 is 0 Å². The maximum Gasteiger partial charge on any atom is 0.223 e. The minimum atomic E-state index is -0.00886.